The summed E-state index contributed by atoms with van der Waals surface area (Å²) in [6, 6.07) is 8.25. The first-order chi connectivity index (χ1) is 8.52. The van der Waals surface area contributed by atoms with E-state index in [9.17, 15) is 9.90 Å². The van der Waals surface area contributed by atoms with Gasteiger partial charge in [-0.25, -0.2) is 0 Å². The lowest BCUT2D eigenvalue weighted by Crippen LogP contribution is -2.28. The maximum Gasteiger partial charge on any atom is 0.261 e. The van der Waals surface area contributed by atoms with Crippen LogP contribution in [0.25, 0.3) is 6.08 Å². The van der Waals surface area contributed by atoms with Gasteiger partial charge in [-0.2, -0.15) is 5.26 Å². The zero-order chi connectivity index (χ0) is 13.5. The Balaban J connectivity index is 2.83. The molecule has 1 rings (SSSR count). The molecular formula is C14H16N2O2. The third-order valence-electron chi connectivity index (χ3n) is 2.22. The number of amides is 1. The number of nitriles is 1. The summed E-state index contributed by atoms with van der Waals surface area (Å²) in [4.78, 5) is 11.7. The van der Waals surface area contributed by atoms with E-state index in [0.29, 0.717) is 18.0 Å². The molecule has 0 unspecified atom stereocenters. The third-order valence-corrected chi connectivity index (χ3v) is 2.22. The molecule has 1 aromatic rings. The molecule has 0 aliphatic heterocycles. The number of carbonyl (C=O) groups is 1. The van der Waals surface area contributed by atoms with Crippen LogP contribution in [0.15, 0.2) is 29.8 Å². The number of phenolic OH excluding ortho intramolecular Hbond substituents is 1. The van der Waals surface area contributed by atoms with Gasteiger partial charge < -0.3 is 10.4 Å². The fourth-order valence-electron chi connectivity index (χ4n) is 1.32. The molecule has 94 valence electrons. The quantitative estimate of drug-likeness (QED) is 0.629. The van der Waals surface area contributed by atoms with E-state index in [4.69, 9.17) is 5.26 Å². The average molecular weight is 244 g/mol. The molecule has 0 aliphatic carbocycles. The van der Waals surface area contributed by atoms with Crippen LogP contribution in [0.4, 0.5) is 0 Å². The number of benzene rings is 1. The number of hydrogen-bond acceptors (Lipinski definition) is 3. The van der Waals surface area contributed by atoms with Gasteiger partial charge in [0.2, 0.25) is 0 Å². The maximum atomic E-state index is 11.7. The van der Waals surface area contributed by atoms with E-state index >= 15 is 0 Å². The van der Waals surface area contributed by atoms with Crippen LogP contribution >= 0.6 is 0 Å². The molecule has 2 N–H and O–H groups in total. The van der Waals surface area contributed by atoms with Crippen molar-refractivity contribution < 1.29 is 9.90 Å². The van der Waals surface area contributed by atoms with E-state index in [-0.39, 0.29) is 11.3 Å². The Morgan fingerprint density at radius 1 is 1.56 bits per heavy atom. The topological polar surface area (TPSA) is 73.1 Å². The van der Waals surface area contributed by atoms with Crippen LogP contribution in [-0.4, -0.2) is 17.6 Å². The Labute approximate surface area is 107 Å². The summed E-state index contributed by atoms with van der Waals surface area (Å²) < 4.78 is 0. The average Bonchev–Trinajstić information content (AvgIpc) is 2.33. The summed E-state index contributed by atoms with van der Waals surface area (Å²) >= 11 is 0. The van der Waals surface area contributed by atoms with Gasteiger partial charge in [0.15, 0.2) is 0 Å². The van der Waals surface area contributed by atoms with Crippen molar-refractivity contribution in [2.75, 3.05) is 6.54 Å². The number of phenols is 1. The summed E-state index contributed by atoms with van der Waals surface area (Å²) in [5.41, 5.74) is 0.646. The summed E-state index contributed by atoms with van der Waals surface area (Å²) in [6.45, 7) is 4.48. The molecule has 0 radical (unpaired) electrons. The van der Waals surface area contributed by atoms with Crippen molar-refractivity contribution in [1.82, 2.24) is 5.32 Å². The third kappa shape index (κ3) is 4.30. The number of carbonyl (C=O) groups excluding carboxylic acids is 1. The lowest BCUT2D eigenvalue weighted by molar-refractivity contribution is -0.117. The maximum absolute atomic E-state index is 11.7. The van der Waals surface area contributed by atoms with E-state index in [0.717, 1.165) is 0 Å². The molecule has 4 heteroatoms. The first-order valence-corrected chi connectivity index (χ1v) is 5.72. The predicted octanol–water partition coefficient (Wildman–Crippen LogP) is 2.07. The van der Waals surface area contributed by atoms with Gasteiger partial charge in [0.1, 0.15) is 17.4 Å². The van der Waals surface area contributed by atoms with Crippen LogP contribution in [0.3, 0.4) is 0 Å². The van der Waals surface area contributed by atoms with Gasteiger partial charge in [-0.15, -0.1) is 0 Å². The molecule has 0 atom stereocenters. The van der Waals surface area contributed by atoms with Gasteiger partial charge in [-0.05, 0) is 29.7 Å². The molecule has 0 bridgehead atoms. The minimum absolute atomic E-state index is 0.0289. The van der Waals surface area contributed by atoms with Crippen molar-refractivity contribution in [2.24, 2.45) is 5.92 Å². The number of hydrogen-bond donors (Lipinski definition) is 2. The highest BCUT2D eigenvalue weighted by atomic mass is 16.3. The zero-order valence-electron chi connectivity index (χ0n) is 10.5. The standard InChI is InChI=1S/C14H16N2O2/c1-10(2)9-16-14(18)12(8-15)6-11-4-3-5-13(17)7-11/h3-7,10,17H,9H2,1-2H3,(H,16,18)/b12-6+. The number of nitrogens with one attached hydrogen (secondary N) is 1. The monoisotopic (exact) mass is 244 g/mol. The minimum Gasteiger partial charge on any atom is -0.508 e. The Morgan fingerprint density at radius 3 is 2.83 bits per heavy atom. The molecule has 1 amide bonds. The summed E-state index contributed by atoms with van der Waals surface area (Å²) in [5.74, 6) is 0.0350. The lowest BCUT2D eigenvalue weighted by atomic mass is 10.1. The van der Waals surface area contributed by atoms with Crippen molar-refractivity contribution in [3.8, 4) is 11.8 Å². The lowest BCUT2D eigenvalue weighted by Gasteiger charge is -2.06. The molecule has 0 saturated heterocycles. The van der Waals surface area contributed by atoms with Crippen LogP contribution in [0.2, 0.25) is 0 Å². The Bertz CT molecular complexity index is 499. The van der Waals surface area contributed by atoms with Gasteiger partial charge in [0.05, 0.1) is 0 Å². The number of rotatable bonds is 4. The van der Waals surface area contributed by atoms with Gasteiger partial charge in [-0.3, -0.25) is 4.79 Å². The summed E-state index contributed by atoms with van der Waals surface area (Å²) in [5, 5.41) is 20.9. The van der Waals surface area contributed by atoms with Gasteiger partial charge in [0, 0.05) is 6.54 Å². The van der Waals surface area contributed by atoms with Crippen molar-refractivity contribution in [3.63, 3.8) is 0 Å². The minimum atomic E-state index is -0.394. The summed E-state index contributed by atoms with van der Waals surface area (Å²) in [6.07, 6.45) is 1.45. The molecule has 0 saturated carbocycles. The van der Waals surface area contributed by atoms with Crippen molar-refractivity contribution in [2.45, 2.75) is 13.8 Å². The second kappa shape index (κ2) is 6.45. The fraction of sp³-hybridized carbons (Fsp3) is 0.286. The molecule has 1 aromatic carbocycles. The van der Waals surface area contributed by atoms with E-state index < -0.39 is 5.91 Å². The van der Waals surface area contributed by atoms with Crippen molar-refractivity contribution >= 4 is 12.0 Å². The zero-order valence-corrected chi connectivity index (χ0v) is 10.5. The highest BCUT2D eigenvalue weighted by molar-refractivity contribution is 6.01. The molecule has 0 heterocycles. The Hall–Kier alpha value is -2.28. The Morgan fingerprint density at radius 2 is 2.28 bits per heavy atom. The summed E-state index contributed by atoms with van der Waals surface area (Å²) in [7, 11) is 0. The van der Waals surface area contributed by atoms with E-state index in [1.54, 1.807) is 12.1 Å². The SMILES string of the molecule is CC(C)CNC(=O)/C(C#N)=C/c1cccc(O)c1. The van der Waals surface area contributed by atoms with Crippen LogP contribution in [-0.2, 0) is 4.79 Å². The predicted molar refractivity (Wildman–Crippen MR) is 69.5 cm³/mol. The van der Waals surface area contributed by atoms with Gasteiger partial charge >= 0.3 is 0 Å². The van der Waals surface area contributed by atoms with E-state index in [2.05, 4.69) is 5.32 Å². The molecule has 18 heavy (non-hydrogen) atoms. The molecule has 0 fully saturated rings. The molecule has 0 spiro atoms. The van der Waals surface area contributed by atoms with Gasteiger partial charge in [-0.1, -0.05) is 26.0 Å². The van der Waals surface area contributed by atoms with Crippen LogP contribution in [0.1, 0.15) is 19.4 Å². The second-order valence-corrected chi connectivity index (χ2v) is 4.37. The molecule has 0 aliphatic rings. The van der Waals surface area contributed by atoms with Crippen LogP contribution < -0.4 is 5.32 Å². The first kappa shape index (κ1) is 13.8. The smallest absolute Gasteiger partial charge is 0.261 e. The van der Waals surface area contributed by atoms with E-state index in [1.807, 2.05) is 19.9 Å². The molecular weight excluding hydrogens is 228 g/mol. The van der Waals surface area contributed by atoms with Crippen LogP contribution in [0.5, 0.6) is 5.75 Å². The van der Waals surface area contributed by atoms with Crippen LogP contribution in [0, 0.1) is 17.2 Å². The normalized spacial score (nSPS) is 11.1. The number of aromatic hydroxyl groups is 1. The number of nitrogens with zero attached hydrogens (tertiary/aromatic N) is 1. The molecule has 4 nitrogen and oxygen atoms in total. The van der Waals surface area contributed by atoms with Crippen molar-refractivity contribution in [3.05, 3.63) is 35.4 Å². The highest BCUT2D eigenvalue weighted by Crippen LogP contribution is 2.14. The van der Waals surface area contributed by atoms with Gasteiger partial charge in [0.25, 0.3) is 5.91 Å². The largest absolute Gasteiger partial charge is 0.508 e. The Kier molecular flexibility index (Phi) is 4.94. The highest BCUT2D eigenvalue weighted by Gasteiger charge is 2.09. The van der Waals surface area contributed by atoms with E-state index in [1.165, 1.54) is 18.2 Å². The fourth-order valence-corrected chi connectivity index (χ4v) is 1.32. The first-order valence-electron chi connectivity index (χ1n) is 5.72. The van der Waals surface area contributed by atoms with Crippen molar-refractivity contribution in [1.29, 1.82) is 5.26 Å². The molecule has 0 aromatic heterocycles. The second-order valence-electron chi connectivity index (χ2n) is 4.37.